The molecule has 0 spiro atoms. The number of rotatable bonds is 6. The number of piperidine rings is 1. The van der Waals surface area contributed by atoms with Gasteiger partial charge in [-0.05, 0) is 61.4 Å². The van der Waals surface area contributed by atoms with Crippen LogP contribution in [0.25, 0.3) is 5.57 Å². The smallest absolute Gasteiger partial charge is 0.417 e. The maximum Gasteiger partial charge on any atom is 0.437 e. The minimum absolute atomic E-state index is 0.162. The number of hydrogen-bond acceptors (Lipinski definition) is 7. The predicted molar refractivity (Wildman–Crippen MR) is 164 cm³/mol. The maximum absolute atomic E-state index is 13.7. The van der Waals surface area contributed by atoms with Crippen molar-refractivity contribution in [1.29, 1.82) is 0 Å². The number of amides is 3. The number of aromatic nitrogens is 2. The highest BCUT2D eigenvalue weighted by Gasteiger charge is 2.42. The number of pyridine rings is 1. The van der Waals surface area contributed by atoms with Crippen molar-refractivity contribution < 1.29 is 27.2 Å². The van der Waals surface area contributed by atoms with E-state index in [1.165, 1.54) is 6.20 Å². The fourth-order valence-electron chi connectivity index (χ4n) is 5.76. The third-order valence-electron chi connectivity index (χ3n) is 8.15. The summed E-state index contributed by atoms with van der Waals surface area (Å²) in [6.45, 7) is 3.09. The molecule has 1 aliphatic carbocycles. The van der Waals surface area contributed by atoms with Crippen molar-refractivity contribution in [3.05, 3.63) is 83.5 Å². The van der Waals surface area contributed by atoms with Crippen LogP contribution in [0.4, 0.5) is 35.5 Å². The van der Waals surface area contributed by atoms with E-state index in [4.69, 9.17) is 4.42 Å². The molecule has 3 aliphatic rings. The number of hydrogen-bond donors (Lipinski definition) is 2. The average Bonchev–Trinajstić information content (AvgIpc) is 3.53. The first-order valence-electron chi connectivity index (χ1n) is 15.1. The standard InChI is InChI=1S/C32H34F3N7O3/c33-32(34,35)28-27(45-31(39-28)42-15-7-2-8-16-42)29(43)37-23-13-14-26(36-21-23)40-17-19-41(20-18-40)30(44)38-25-12-6-5-11-24(25)22-9-3-1-4-10-22/h1,3-4,6,9-10,12-14,21H,2,5,7-8,11,15-20H2,(H,37,43)(H,38,44). The lowest BCUT2D eigenvalue weighted by Gasteiger charge is -2.35. The second-order valence-corrected chi connectivity index (χ2v) is 11.2. The van der Waals surface area contributed by atoms with Crippen molar-refractivity contribution in [3.8, 4) is 0 Å². The summed E-state index contributed by atoms with van der Waals surface area (Å²) in [4.78, 5) is 39.4. The van der Waals surface area contributed by atoms with Crippen LogP contribution < -0.4 is 20.4 Å². The van der Waals surface area contributed by atoms with Crippen LogP contribution in [0, 0.1) is 0 Å². The third-order valence-corrected chi connectivity index (χ3v) is 8.15. The Balaban J connectivity index is 1.05. The van der Waals surface area contributed by atoms with Gasteiger partial charge in [-0.15, -0.1) is 0 Å². The molecule has 45 heavy (non-hydrogen) atoms. The Hall–Kier alpha value is -4.81. The SMILES string of the molecule is O=C(Nc1ccc(N2CCN(C(=O)NC3=C(c4ccccc4)CCC=C3)CC2)nc1)c1oc(N2CCCCC2)nc1C(F)(F)F. The number of allylic oxidation sites excluding steroid dienone is 3. The van der Waals surface area contributed by atoms with Gasteiger partial charge in [-0.2, -0.15) is 18.2 Å². The number of piperazine rings is 1. The van der Waals surface area contributed by atoms with Crippen LogP contribution >= 0.6 is 0 Å². The summed E-state index contributed by atoms with van der Waals surface area (Å²) in [5, 5.41) is 5.53. The van der Waals surface area contributed by atoms with E-state index in [2.05, 4.69) is 26.7 Å². The monoisotopic (exact) mass is 621 g/mol. The molecule has 4 heterocycles. The van der Waals surface area contributed by atoms with E-state index in [1.807, 2.05) is 41.3 Å². The van der Waals surface area contributed by atoms with Crippen molar-refractivity contribution >= 4 is 35.0 Å². The molecule has 2 N–H and O–H groups in total. The molecule has 0 radical (unpaired) electrons. The molecule has 3 amide bonds. The number of benzene rings is 1. The number of carbonyl (C=O) groups is 2. The van der Waals surface area contributed by atoms with Gasteiger partial charge in [0.1, 0.15) is 5.82 Å². The van der Waals surface area contributed by atoms with Gasteiger partial charge in [0, 0.05) is 45.0 Å². The van der Waals surface area contributed by atoms with Crippen LogP contribution in [-0.4, -0.2) is 66.1 Å². The predicted octanol–water partition coefficient (Wildman–Crippen LogP) is 5.92. The number of urea groups is 1. The normalized spacial score (nSPS) is 17.4. The zero-order valence-electron chi connectivity index (χ0n) is 24.6. The van der Waals surface area contributed by atoms with Gasteiger partial charge >= 0.3 is 12.2 Å². The molecule has 2 aliphatic heterocycles. The summed E-state index contributed by atoms with van der Waals surface area (Å²) in [5.74, 6) is -1.30. The third kappa shape index (κ3) is 6.97. The molecular formula is C32H34F3N7O3. The summed E-state index contributed by atoms with van der Waals surface area (Å²) >= 11 is 0. The summed E-state index contributed by atoms with van der Waals surface area (Å²) in [7, 11) is 0. The lowest BCUT2D eigenvalue weighted by atomic mass is 9.95. The van der Waals surface area contributed by atoms with Gasteiger partial charge in [-0.25, -0.2) is 9.78 Å². The fourth-order valence-corrected chi connectivity index (χ4v) is 5.76. The average molecular weight is 622 g/mol. The molecular weight excluding hydrogens is 587 g/mol. The highest BCUT2D eigenvalue weighted by molar-refractivity contribution is 6.03. The number of nitrogens with one attached hydrogen (secondary N) is 2. The minimum Gasteiger partial charge on any atom is -0.417 e. The van der Waals surface area contributed by atoms with Gasteiger partial charge in [0.15, 0.2) is 5.69 Å². The van der Waals surface area contributed by atoms with Gasteiger partial charge in [0.25, 0.3) is 11.9 Å². The molecule has 2 aromatic heterocycles. The summed E-state index contributed by atoms with van der Waals surface area (Å²) in [6.07, 6.45) is 4.95. The molecule has 1 aromatic carbocycles. The number of oxazole rings is 1. The second-order valence-electron chi connectivity index (χ2n) is 11.2. The largest absolute Gasteiger partial charge is 0.437 e. The minimum atomic E-state index is -4.85. The Kier molecular flexibility index (Phi) is 8.76. The molecule has 10 nitrogen and oxygen atoms in total. The van der Waals surface area contributed by atoms with Crippen LogP contribution in [0.15, 0.2) is 70.9 Å². The van der Waals surface area contributed by atoms with Gasteiger partial charge in [0.05, 0.1) is 11.9 Å². The van der Waals surface area contributed by atoms with Crippen LogP contribution in [-0.2, 0) is 6.18 Å². The Morgan fingerprint density at radius 3 is 2.31 bits per heavy atom. The van der Waals surface area contributed by atoms with Crippen molar-refractivity contribution in [3.63, 3.8) is 0 Å². The molecule has 2 saturated heterocycles. The van der Waals surface area contributed by atoms with Crippen molar-refractivity contribution in [2.75, 3.05) is 54.4 Å². The molecule has 0 saturated carbocycles. The summed E-state index contributed by atoms with van der Waals surface area (Å²) in [6, 6.07) is 12.9. The first kappa shape index (κ1) is 30.2. The van der Waals surface area contributed by atoms with E-state index >= 15 is 0 Å². The molecule has 2 fully saturated rings. The molecule has 3 aromatic rings. The number of halogens is 3. The molecule has 0 atom stereocenters. The van der Waals surface area contributed by atoms with E-state index in [-0.39, 0.29) is 17.7 Å². The van der Waals surface area contributed by atoms with Crippen LogP contribution in [0.5, 0.6) is 0 Å². The number of anilines is 3. The quantitative estimate of drug-likeness (QED) is 0.352. The van der Waals surface area contributed by atoms with Crippen LogP contribution in [0.3, 0.4) is 0 Å². The zero-order valence-corrected chi connectivity index (χ0v) is 24.6. The number of alkyl halides is 3. The van der Waals surface area contributed by atoms with Gasteiger partial charge in [0.2, 0.25) is 5.76 Å². The Bertz CT molecular complexity index is 1570. The Morgan fingerprint density at radius 1 is 0.867 bits per heavy atom. The lowest BCUT2D eigenvalue weighted by Crippen LogP contribution is -2.51. The lowest BCUT2D eigenvalue weighted by molar-refractivity contribution is -0.141. The van der Waals surface area contributed by atoms with E-state index < -0.39 is 23.5 Å². The van der Waals surface area contributed by atoms with Crippen molar-refractivity contribution in [1.82, 2.24) is 20.2 Å². The van der Waals surface area contributed by atoms with E-state index in [1.54, 1.807) is 21.9 Å². The van der Waals surface area contributed by atoms with Crippen molar-refractivity contribution in [2.45, 2.75) is 38.3 Å². The first-order valence-corrected chi connectivity index (χ1v) is 15.1. The second kappa shape index (κ2) is 13.0. The number of nitrogens with zero attached hydrogens (tertiary/aromatic N) is 5. The molecule has 0 unspecified atom stereocenters. The van der Waals surface area contributed by atoms with Gasteiger partial charge in [-0.1, -0.05) is 36.4 Å². The van der Waals surface area contributed by atoms with Crippen molar-refractivity contribution in [2.24, 2.45) is 0 Å². The van der Waals surface area contributed by atoms with E-state index in [9.17, 15) is 22.8 Å². The van der Waals surface area contributed by atoms with Gasteiger partial charge < -0.3 is 29.8 Å². The Morgan fingerprint density at radius 2 is 1.62 bits per heavy atom. The van der Waals surface area contributed by atoms with Crippen LogP contribution in [0.1, 0.15) is 53.9 Å². The molecule has 13 heteroatoms. The van der Waals surface area contributed by atoms with Crippen LogP contribution in [0.2, 0.25) is 0 Å². The molecule has 0 bridgehead atoms. The molecule has 236 valence electrons. The topological polar surface area (TPSA) is 107 Å². The summed E-state index contributed by atoms with van der Waals surface area (Å²) < 4.78 is 46.4. The first-order chi connectivity index (χ1) is 21.8. The van der Waals surface area contributed by atoms with E-state index in [0.29, 0.717) is 45.1 Å². The summed E-state index contributed by atoms with van der Waals surface area (Å²) in [5.41, 5.74) is 1.89. The van der Waals surface area contributed by atoms with Gasteiger partial charge in [-0.3, -0.25) is 4.79 Å². The zero-order chi connectivity index (χ0) is 31.4. The highest BCUT2D eigenvalue weighted by atomic mass is 19.4. The highest BCUT2D eigenvalue weighted by Crippen LogP contribution is 2.35. The van der Waals surface area contributed by atoms with E-state index in [0.717, 1.165) is 48.9 Å². The number of carbonyl (C=O) groups excluding carboxylic acids is 2. The maximum atomic E-state index is 13.7. The molecule has 6 rings (SSSR count). The fraction of sp³-hybridized carbons (Fsp3) is 0.375. The Labute approximate surface area is 258 Å².